The minimum Gasteiger partial charge on any atom is -0.356 e. The average Bonchev–Trinajstić information content (AvgIpc) is 3.06. The topological polar surface area (TPSA) is 67.2 Å². The van der Waals surface area contributed by atoms with Crippen LogP contribution in [0.4, 0.5) is 0 Å². The zero-order valence-corrected chi connectivity index (χ0v) is 15.2. The van der Waals surface area contributed by atoms with Gasteiger partial charge in [-0.05, 0) is 24.5 Å². The number of aromatic nitrogens is 2. The first-order valence-corrected chi connectivity index (χ1v) is 9.27. The number of aryl methyl sites for hydroxylation is 1. The first-order chi connectivity index (χ1) is 12.7. The van der Waals surface area contributed by atoms with Crippen molar-refractivity contribution in [3.8, 4) is 0 Å². The lowest BCUT2D eigenvalue weighted by Crippen LogP contribution is -2.39. The van der Waals surface area contributed by atoms with Crippen LogP contribution in [-0.4, -0.2) is 39.6 Å². The van der Waals surface area contributed by atoms with Crippen molar-refractivity contribution in [2.45, 2.75) is 38.1 Å². The summed E-state index contributed by atoms with van der Waals surface area (Å²) in [7, 11) is 1.77. The molecule has 0 aliphatic carbocycles. The number of amides is 2. The van der Waals surface area contributed by atoms with Crippen LogP contribution in [0.15, 0.2) is 42.6 Å². The fourth-order valence-corrected chi connectivity index (χ4v) is 3.45. The summed E-state index contributed by atoms with van der Waals surface area (Å²) in [5, 5.41) is 7.12. The van der Waals surface area contributed by atoms with E-state index >= 15 is 0 Å². The SMILES string of the molecule is Cn1nccc1C(=O)N1CCCCCCNC(=O)CC1c1ccccc1. The Hall–Kier alpha value is -2.63. The molecule has 0 radical (unpaired) electrons. The second kappa shape index (κ2) is 8.65. The standard InChI is InChI=1S/C20H26N4O2/c1-23-17(11-13-22-23)20(26)24-14-8-3-2-7-12-21-19(25)15-18(24)16-9-5-4-6-10-16/h4-6,9-11,13,18H,2-3,7-8,12,14-15H2,1H3,(H,21,25). The van der Waals surface area contributed by atoms with Crippen molar-refractivity contribution in [1.82, 2.24) is 20.0 Å². The molecule has 1 aliphatic heterocycles. The van der Waals surface area contributed by atoms with E-state index in [1.807, 2.05) is 35.2 Å². The highest BCUT2D eigenvalue weighted by atomic mass is 16.2. The second-order valence-corrected chi connectivity index (χ2v) is 6.73. The highest BCUT2D eigenvalue weighted by molar-refractivity contribution is 5.93. The molecule has 2 amide bonds. The van der Waals surface area contributed by atoms with Gasteiger partial charge in [0.15, 0.2) is 0 Å². The number of hydrogen-bond donors (Lipinski definition) is 1. The second-order valence-electron chi connectivity index (χ2n) is 6.73. The van der Waals surface area contributed by atoms with Crippen LogP contribution in [0.5, 0.6) is 0 Å². The lowest BCUT2D eigenvalue weighted by Gasteiger charge is -2.32. The van der Waals surface area contributed by atoms with Crippen molar-refractivity contribution in [2.24, 2.45) is 7.05 Å². The highest BCUT2D eigenvalue weighted by Crippen LogP contribution is 2.27. The van der Waals surface area contributed by atoms with Gasteiger partial charge in [0, 0.05) is 26.3 Å². The van der Waals surface area contributed by atoms with Gasteiger partial charge in [-0.3, -0.25) is 14.3 Å². The summed E-state index contributed by atoms with van der Waals surface area (Å²) in [4.78, 5) is 27.6. The number of nitrogens with zero attached hydrogens (tertiary/aromatic N) is 3. The van der Waals surface area contributed by atoms with Crippen molar-refractivity contribution in [3.05, 3.63) is 53.9 Å². The van der Waals surface area contributed by atoms with Crippen LogP contribution in [0, 0.1) is 0 Å². The Morgan fingerprint density at radius 2 is 1.88 bits per heavy atom. The minimum atomic E-state index is -0.281. The van der Waals surface area contributed by atoms with E-state index in [0.717, 1.165) is 31.2 Å². The monoisotopic (exact) mass is 354 g/mol. The maximum Gasteiger partial charge on any atom is 0.272 e. The third-order valence-corrected chi connectivity index (χ3v) is 4.89. The molecular weight excluding hydrogens is 328 g/mol. The molecule has 26 heavy (non-hydrogen) atoms. The molecule has 0 spiro atoms. The Morgan fingerprint density at radius 3 is 2.62 bits per heavy atom. The summed E-state index contributed by atoms with van der Waals surface area (Å²) >= 11 is 0. The molecule has 1 aromatic heterocycles. The summed E-state index contributed by atoms with van der Waals surface area (Å²) in [6, 6.07) is 11.3. The van der Waals surface area contributed by atoms with Gasteiger partial charge < -0.3 is 10.2 Å². The summed E-state index contributed by atoms with van der Waals surface area (Å²) in [5.41, 5.74) is 1.53. The van der Waals surface area contributed by atoms with E-state index in [1.54, 1.807) is 24.0 Å². The molecule has 1 unspecified atom stereocenters. The number of carbonyl (C=O) groups is 2. The van der Waals surface area contributed by atoms with Crippen LogP contribution in [-0.2, 0) is 11.8 Å². The molecule has 1 saturated heterocycles. The van der Waals surface area contributed by atoms with Crippen LogP contribution in [0.3, 0.4) is 0 Å². The van der Waals surface area contributed by atoms with Crippen LogP contribution < -0.4 is 5.32 Å². The zero-order valence-electron chi connectivity index (χ0n) is 15.2. The van der Waals surface area contributed by atoms with Crippen LogP contribution in [0.25, 0.3) is 0 Å². The quantitative estimate of drug-likeness (QED) is 0.902. The minimum absolute atomic E-state index is 0.0106. The summed E-state index contributed by atoms with van der Waals surface area (Å²) in [6.07, 6.45) is 5.92. The summed E-state index contributed by atoms with van der Waals surface area (Å²) in [6.45, 7) is 1.34. The molecule has 0 saturated carbocycles. The fourth-order valence-electron chi connectivity index (χ4n) is 3.45. The normalized spacial score (nSPS) is 19.5. The maximum absolute atomic E-state index is 13.3. The number of hydrogen-bond acceptors (Lipinski definition) is 3. The highest BCUT2D eigenvalue weighted by Gasteiger charge is 2.29. The third-order valence-electron chi connectivity index (χ3n) is 4.89. The molecule has 3 rings (SSSR count). The van der Waals surface area contributed by atoms with E-state index in [1.165, 1.54) is 0 Å². The molecule has 6 nitrogen and oxygen atoms in total. The Labute approximate surface area is 154 Å². The molecule has 1 aliphatic rings. The Bertz CT molecular complexity index is 741. The Morgan fingerprint density at radius 1 is 1.12 bits per heavy atom. The van der Waals surface area contributed by atoms with Crippen molar-refractivity contribution >= 4 is 11.8 Å². The maximum atomic E-state index is 13.3. The molecule has 138 valence electrons. The van der Waals surface area contributed by atoms with Crippen LogP contribution in [0.2, 0.25) is 0 Å². The van der Waals surface area contributed by atoms with E-state index in [-0.39, 0.29) is 24.3 Å². The molecule has 6 heteroatoms. The largest absolute Gasteiger partial charge is 0.356 e. The lowest BCUT2D eigenvalue weighted by atomic mass is 10.0. The molecule has 1 atom stereocenters. The van der Waals surface area contributed by atoms with Gasteiger partial charge in [0.25, 0.3) is 5.91 Å². The molecule has 2 heterocycles. The van der Waals surface area contributed by atoms with Gasteiger partial charge in [0.05, 0.1) is 12.5 Å². The smallest absolute Gasteiger partial charge is 0.272 e. The van der Waals surface area contributed by atoms with E-state index < -0.39 is 0 Å². The van der Waals surface area contributed by atoms with Gasteiger partial charge in [-0.2, -0.15) is 5.10 Å². The summed E-state index contributed by atoms with van der Waals surface area (Å²) < 4.78 is 1.59. The number of nitrogens with one attached hydrogen (secondary N) is 1. The van der Waals surface area contributed by atoms with Crippen molar-refractivity contribution < 1.29 is 9.59 Å². The predicted molar refractivity (Wildman–Crippen MR) is 99.5 cm³/mol. The first-order valence-electron chi connectivity index (χ1n) is 9.27. The third kappa shape index (κ3) is 4.31. The molecule has 1 aromatic carbocycles. The van der Waals surface area contributed by atoms with Crippen molar-refractivity contribution in [3.63, 3.8) is 0 Å². The van der Waals surface area contributed by atoms with Gasteiger partial charge in [-0.25, -0.2) is 0 Å². The van der Waals surface area contributed by atoms with Gasteiger partial charge in [0.1, 0.15) is 5.69 Å². The summed E-state index contributed by atoms with van der Waals surface area (Å²) in [5.74, 6) is -0.0885. The van der Waals surface area contributed by atoms with E-state index in [0.29, 0.717) is 18.8 Å². The van der Waals surface area contributed by atoms with E-state index in [9.17, 15) is 9.59 Å². The van der Waals surface area contributed by atoms with Gasteiger partial charge >= 0.3 is 0 Å². The number of benzene rings is 1. The van der Waals surface area contributed by atoms with Crippen LogP contribution >= 0.6 is 0 Å². The molecule has 0 bridgehead atoms. The fraction of sp³-hybridized carbons (Fsp3) is 0.450. The van der Waals surface area contributed by atoms with Crippen LogP contribution in [0.1, 0.15) is 54.2 Å². The lowest BCUT2D eigenvalue weighted by molar-refractivity contribution is -0.122. The Kier molecular flexibility index (Phi) is 6.04. The van der Waals surface area contributed by atoms with Gasteiger partial charge in [-0.15, -0.1) is 0 Å². The molecule has 1 fully saturated rings. The zero-order chi connectivity index (χ0) is 18.4. The average molecular weight is 354 g/mol. The molecule has 1 N–H and O–H groups in total. The van der Waals surface area contributed by atoms with Crippen molar-refractivity contribution in [1.29, 1.82) is 0 Å². The number of rotatable bonds is 2. The molecule has 2 aromatic rings. The first kappa shape index (κ1) is 18.2. The van der Waals surface area contributed by atoms with Gasteiger partial charge in [0.2, 0.25) is 5.91 Å². The van der Waals surface area contributed by atoms with E-state index in [2.05, 4.69) is 10.4 Å². The molecular formula is C20H26N4O2. The van der Waals surface area contributed by atoms with Crippen molar-refractivity contribution in [2.75, 3.05) is 13.1 Å². The van der Waals surface area contributed by atoms with E-state index in [4.69, 9.17) is 0 Å². The predicted octanol–water partition coefficient (Wildman–Crippen LogP) is 2.68. The number of carbonyl (C=O) groups excluding carboxylic acids is 2. The van der Waals surface area contributed by atoms with Gasteiger partial charge in [-0.1, -0.05) is 43.2 Å². The Balaban J connectivity index is 1.96.